The zero-order valence-electron chi connectivity index (χ0n) is 6.91. The monoisotopic (exact) mass is 184 g/mol. The molecule has 1 nitrogen and oxygen atoms in total. The largest absolute Gasteiger partial charge is 0.393 e. The van der Waals surface area contributed by atoms with Gasteiger partial charge in [0.1, 0.15) is 0 Å². The lowest BCUT2D eigenvalue weighted by Crippen LogP contribution is -2.15. The molecule has 0 bridgehead atoms. The van der Waals surface area contributed by atoms with Crippen molar-refractivity contribution < 1.29 is 5.11 Å². The van der Waals surface area contributed by atoms with Gasteiger partial charge in [-0.1, -0.05) is 29.8 Å². The van der Waals surface area contributed by atoms with E-state index in [-0.39, 0.29) is 6.10 Å². The van der Waals surface area contributed by atoms with Gasteiger partial charge < -0.3 is 5.11 Å². The first-order chi connectivity index (χ1) is 5.79. The van der Waals surface area contributed by atoms with Crippen LogP contribution >= 0.6 is 11.6 Å². The fraction of sp³-hybridized carbons (Fsp3) is 0.400. The van der Waals surface area contributed by atoms with Gasteiger partial charge >= 0.3 is 0 Å². The second kappa shape index (κ2) is 5.18. The standard InChI is InChI=1S/C6H5Cl.C4H8O/c7-6-4-2-1-3-5-6;5-4-2-1-3-4/h1-5H;4-5H,1-3H2. The van der Waals surface area contributed by atoms with Crippen molar-refractivity contribution in [2.24, 2.45) is 0 Å². The molecule has 1 aliphatic carbocycles. The lowest BCUT2D eigenvalue weighted by atomic mass is 9.97. The molecule has 1 saturated carbocycles. The Balaban J connectivity index is 0.000000127. The maximum atomic E-state index is 8.45. The smallest absolute Gasteiger partial charge is 0.0540 e. The number of aliphatic hydroxyl groups is 1. The Kier molecular flexibility index (Phi) is 4.12. The maximum Gasteiger partial charge on any atom is 0.0540 e. The molecule has 2 heteroatoms. The molecule has 0 radical (unpaired) electrons. The minimum Gasteiger partial charge on any atom is -0.393 e. The third-order valence-corrected chi connectivity index (χ3v) is 2.06. The first kappa shape index (κ1) is 9.56. The third-order valence-electron chi connectivity index (χ3n) is 1.81. The van der Waals surface area contributed by atoms with Gasteiger partial charge in [0.15, 0.2) is 0 Å². The average molecular weight is 185 g/mol. The Morgan fingerprint density at radius 2 is 1.67 bits per heavy atom. The number of rotatable bonds is 0. The van der Waals surface area contributed by atoms with Crippen LogP contribution in [0.4, 0.5) is 0 Å². The summed E-state index contributed by atoms with van der Waals surface area (Å²) in [6.45, 7) is 0. The van der Waals surface area contributed by atoms with Gasteiger partial charge in [-0.05, 0) is 31.4 Å². The van der Waals surface area contributed by atoms with Crippen LogP contribution in [0.25, 0.3) is 0 Å². The minimum absolute atomic E-state index is 0.0648. The van der Waals surface area contributed by atoms with Gasteiger partial charge in [0.05, 0.1) is 6.10 Å². The van der Waals surface area contributed by atoms with E-state index < -0.39 is 0 Å². The zero-order valence-corrected chi connectivity index (χ0v) is 7.67. The highest BCUT2D eigenvalue weighted by Gasteiger charge is 2.11. The van der Waals surface area contributed by atoms with E-state index in [9.17, 15) is 0 Å². The molecular formula is C10H13ClO. The lowest BCUT2D eigenvalue weighted by Gasteiger charge is -2.17. The van der Waals surface area contributed by atoms with E-state index in [0.29, 0.717) is 0 Å². The van der Waals surface area contributed by atoms with Gasteiger partial charge in [0.2, 0.25) is 0 Å². The van der Waals surface area contributed by atoms with E-state index in [0.717, 1.165) is 17.9 Å². The quantitative estimate of drug-likeness (QED) is 0.658. The Hall–Kier alpha value is -0.530. The van der Waals surface area contributed by atoms with Gasteiger partial charge in [-0.3, -0.25) is 0 Å². The van der Waals surface area contributed by atoms with Gasteiger partial charge in [-0.15, -0.1) is 0 Å². The van der Waals surface area contributed by atoms with Crippen molar-refractivity contribution in [3.8, 4) is 0 Å². The molecule has 0 heterocycles. The van der Waals surface area contributed by atoms with Crippen LogP contribution < -0.4 is 0 Å². The predicted molar refractivity (Wildman–Crippen MR) is 51.3 cm³/mol. The molecule has 0 spiro atoms. The predicted octanol–water partition coefficient (Wildman–Crippen LogP) is 2.87. The van der Waals surface area contributed by atoms with Gasteiger partial charge in [0.25, 0.3) is 0 Å². The highest BCUT2D eigenvalue weighted by atomic mass is 35.5. The van der Waals surface area contributed by atoms with Crippen LogP contribution in [0.3, 0.4) is 0 Å². The molecule has 12 heavy (non-hydrogen) atoms. The molecule has 66 valence electrons. The van der Waals surface area contributed by atoms with Crippen molar-refractivity contribution in [2.45, 2.75) is 25.4 Å². The molecule has 1 aromatic carbocycles. The van der Waals surface area contributed by atoms with Crippen LogP contribution in [0.15, 0.2) is 30.3 Å². The van der Waals surface area contributed by atoms with Gasteiger partial charge in [-0.2, -0.15) is 0 Å². The SMILES string of the molecule is Clc1ccccc1.OC1CCC1. The number of hydrogen-bond acceptors (Lipinski definition) is 1. The van der Waals surface area contributed by atoms with Crippen LogP contribution in [-0.2, 0) is 0 Å². The summed E-state index contributed by atoms with van der Waals surface area (Å²) in [5.74, 6) is 0. The second-order valence-corrected chi connectivity index (χ2v) is 3.32. The first-order valence-electron chi connectivity index (χ1n) is 4.17. The van der Waals surface area contributed by atoms with E-state index in [2.05, 4.69) is 0 Å². The summed E-state index contributed by atoms with van der Waals surface area (Å²) < 4.78 is 0. The van der Waals surface area contributed by atoms with E-state index in [4.69, 9.17) is 16.7 Å². The fourth-order valence-electron chi connectivity index (χ4n) is 0.801. The van der Waals surface area contributed by atoms with E-state index >= 15 is 0 Å². The van der Waals surface area contributed by atoms with Gasteiger partial charge in [0, 0.05) is 5.02 Å². The van der Waals surface area contributed by atoms with Crippen LogP contribution in [0, 0.1) is 0 Å². The number of halogens is 1. The Morgan fingerprint density at radius 1 is 1.17 bits per heavy atom. The van der Waals surface area contributed by atoms with Crippen molar-refractivity contribution in [1.82, 2.24) is 0 Å². The van der Waals surface area contributed by atoms with Crippen molar-refractivity contribution in [2.75, 3.05) is 0 Å². The van der Waals surface area contributed by atoms with Crippen molar-refractivity contribution in [1.29, 1.82) is 0 Å². The molecule has 1 aliphatic rings. The van der Waals surface area contributed by atoms with Crippen LogP contribution in [0.1, 0.15) is 19.3 Å². The Labute approximate surface area is 78.0 Å². The molecule has 0 atom stereocenters. The summed E-state index contributed by atoms with van der Waals surface area (Å²) in [5.41, 5.74) is 0. The third kappa shape index (κ3) is 3.74. The Morgan fingerprint density at radius 3 is 1.83 bits per heavy atom. The average Bonchev–Trinajstić information content (AvgIpc) is 2.04. The molecule has 0 unspecified atom stereocenters. The summed E-state index contributed by atoms with van der Waals surface area (Å²) in [6, 6.07) is 9.44. The summed E-state index contributed by atoms with van der Waals surface area (Å²) in [4.78, 5) is 0. The molecule has 0 saturated heterocycles. The Bertz CT molecular complexity index is 206. The van der Waals surface area contributed by atoms with Crippen molar-refractivity contribution >= 4 is 11.6 Å². The molecule has 0 aliphatic heterocycles. The van der Waals surface area contributed by atoms with E-state index in [1.54, 1.807) is 0 Å². The van der Waals surface area contributed by atoms with Crippen molar-refractivity contribution in [3.05, 3.63) is 35.4 Å². The first-order valence-corrected chi connectivity index (χ1v) is 4.55. The molecular weight excluding hydrogens is 172 g/mol. The number of hydrogen-bond donors (Lipinski definition) is 1. The van der Waals surface area contributed by atoms with E-state index in [1.807, 2.05) is 30.3 Å². The molecule has 1 N–H and O–H groups in total. The van der Waals surface area contributed by atoms with Crippen molar-refractivity contribution in [3.63, 3.8) is 0 Å². The second-order valence-electron chi connectivity index (χ2n) is 2.88. The summed E-state index contributed by atoms with van der Waals surface area (Å²) in [5, 5.41) is 9.24. The summed E-state index contributed by atoms with van der Waals surface area (Å²) >= 11 is 5.54. The summed E-state index contributed by atoms with van der Waals surface area (Å²) in [6.07, 6.45) is 3.39. The molecule has 2 rings (SSSR count). The topological polar surface area (TPSA) is 20.2 Å². The lowest BCUT2D eigenvalue weighted by molar-refractivity contribution is 0.0950. The minimum atomic E-state index is 0.0648. The molecule has 1 aromatic rings. The normalized spacial score (nSPS) is 15.8. The highest BCUT2D eigenvalue weighted by Crippen LogP contribution is 2.16. The number of benzene rings is 1. The van der Waals surface area contributed by atoms with Crippen LogP contribution in [0.2, 0.25) is 5.02 Å². The fourth-order valence-corrected chi connectivity index (χ4v) is 0.947. The maximum absolute atomic E-state index is 8.45. The molecule has 0 aromatic heterocycles. The van der Waals surface area contributed by atoms with Gasteiger partial charge in [-0.25, -0.2) is 0 Å². The van der Waals surface area contributed by atoms with Crippen LogP contribution in [-0.4, -0.2) is 11.2 Å². The zero-order chi connectivity index (χ0) is 8.81. The molecule has 0 amide bonds. The van der Waals surface area contributed by atoms with E-state index in [1.165, 1.54) is 6.42 Å². The highest BCUT2D eigenvalue weighted by molar-refractivity contribution is 6.30. The molecule has 1 fully saturated rings. The van der Waals surface area contributed by atoms with Crippen LogP contribution in [0.5, 0.6) is 0 Å². The number of aliphatic hydroxyl groups excluding tert-OH is 1. The summed E-state index contributed by atoms with van der Waals surface area (Å²) in [7, 11) is 0.